The van der Waals surface area contributed by atoms with Gasteiger partial charge in [0.25, 0.3) is 0 Å². The standard InChI is InChI=1S/C10H8N4.C10H10N2/c11-14-13-7-9-4-1-3-8-5-2-6-12-10(8)9;11-7-9-4-1-3-8-5-2-6-12-10(8)9/h1-6H,7H2;1-6H,7,11H2. The number of azide groups is 1. The van der Waals surface area contributed by atoms with E-state index in [9.17, 15) is 0 Å². The van der Waals surface area contributed by atoms with E-state index in [1.807, 2.05) is 60.7 Å². The number of nitrogens with two attached hydrogens (primary N) is 1. The summed E-state index contributed by atoms with van der Waals surface area (Å²) in [6, 6.07) is 19.8. The number of para-hydroxylation sites is 2. The molecule has 0 bridgehead atoms. The number of hydrogen-bond donors (Lipinski definition) is 1. The Balaban J connectivity index is 0.000000152. The smallest absolute Gasteiger partial charge is 0.0746 e. The molecule has 0 amide bonds. The molecule has 2 N–H and O–H groups in total. The molecule has 4 rings (SSSR count). The van der Waals surface area contributed by atoms with Crippen LogP contribution < -0.4 is 5.73 Å². The van der Waals surface area contributed by atoms with E-state index >= 15 is 0 Å². The summed E-state index contributed by atoms with van der Waals surface area (Å²) in [4.78, 5) is 11.3. The zero-order valence-electron chi connectivity index (χ0n) is 14.2. The Bertz CT molecular complexity index is 1060. The van der Waals surface area contributed by atoms with Crippen molar-refractivity contribution in [1.82, 2.24) is 9.97 Å². The molecule has 0 aliphatic carbocycles. The highest BCUT2D eigenvalue weighted by Gasteiger charge is 1.99. The molecule has 0 saturated carbocycles. The van der Waals surface area contributed by atoms with Gasteiger partial charge in [-0.1, -0.05) is 53.6 Å². The van der Waals surface area contributed by atoms with Crippen LogP contribution in [0.2, 0.25) is 0 Å². The van der Waals surface area contributed by atoms with Gasteiger partial charge >= 0.3 is 0 Å². The van der Waals surface area contributed by atoms with E-state index < -0.39 is 0 Å². The molecule has 0 aliphatic heterocycles. The monoisotopic (exact) mass is 342 g/mol. The molecule has 6 heteroatoms. The van der Waals surface area contributed by atoms with Crippen molar-refractivity contribution < 1.29 is 0 Å². The topological polar surface area (TPSA) is 101 Å². The maximum Gasteiger partial charge on any atom is 0.0746 e. The third kappa shape index (κ3) is 3.95. The first-order chi connectivity index (χ1) is 12.8. The van der Waals surface area contributed by atoms with Crippen molar-refractivity contribution in [2.45, 2.75) is 13.1 Å². The van der Waals surface area contributed by atoms with Gasteiger partial charge in [0.1, 0.15) is 0 Å². The van der Waals surface area contributed by atoms with Crippen molar-refractivity contribution in [1.29, 1.82) is 0 Å². The van der Waals surface area contributed by atoms with Gasteiger partial charge in [0.05, 0.1) is 17.6 Å². The highest BCUT2D eigenvalue weighted by Crippen LogP contribution is 2.16. The number of fused-ring (bicyclic) bond motifs is 2. The number of nitrogens with zero attached hydrogens (tertiary/aromatic N) is 5. The first-order valence-electron chi connectivity index (χ1n) is 8.19. The fourth-order valence-electron chi connectivity index (χ4n) is 2.73. The largest absolute Gasteiger partial charge is 0.326 e. The van der Waals surface area contributed by atoms with Crippen molar-refractivity contribution in [2.75, 3.05) is 0 Å². The van der Waals surface area contributed by atoms with E-state index in [0.717, 1.165) is 32.9 Å². The van der Waals surface area contributed by atoms with E-state index in [1.165, 1.54) is 0 Å². The SMILES string of the molecule is NCc1cccc2cccnc12.[N-]=[N+]=NCc1cccc2cccnc12. The maximum absolute atomic E-state index is 8.24. The zero-order chi connectivity index (χ0) is 18.2. The van der Waals surface area contributed by atoms with Gasteiger partial charge in [-0.05, 0) is 28.8 Å². The molecule has 128 valence electrons. The predicted molar refractivity (Wildman–Crippen MR) is 104 cm³/mol. The molecule has 0 aliphatic rings. The lowest BCUT2D eigenvalue weighted by Crippen LogP contribution is -1.97. The van der Waals surface area contributed by atoms with Crippen LogP contribution in [0.15, 0.2) is 78.2 Å². The highest BCUT2D eigenvalue weighted by molar-refractivity contribution is 5.82. The van der Waals surface area contributed by atoms with Crippen molar-refractivity contribution in [2.24, 2.45) is 10.8 Å². The molecular weight excluding hydrogens is 324 g/mol. The molecule has 0 spiro atoms. The minimum absolute atomic E-state index is 0.352. The maximum atomic E-state index is 8.24. The van der Waals surface area contributed by atoms with E-state index in [-0.39, 0.29) is 0 Å². The average Bonchev–Trinajstić information content (AvgIpc) is 2.72. The van der Waals surface area contributed by atoms with Crippen LogP contribution in [0.25, 0.3) is 32.2 Å². The average molecular weight is 342 g/mol. The van der Waals surface area contributed by atoms with Crippen molar-refractivity contribution in [3.63, 3.8) is 0 Å². The van der Waals surface area contributed by atoms with E-state index in [2.05, 4.69) is 20.0 Å². The van der Waals surface area contributed by atoms with Crippen LogP contribution in [0.5, 0.6) is 0 Å². The minimum atomic E-state index is 0.352. The van der Waals surface area contributed by atoms with Gasteiger partial charge in [-0.3, -0.25) is 9.97 Å². The lowest BCUT2D eigenvalue weighted by molar-refractivity contribution is 1.05. The summed E-state index contributed by atoms with van der Waals surface area (Å²) in [6.07, 6.45) is 3.53. The molecule has 0 fully saturated rings. The van der Waals surface area contributed by atoms with Gasteiger partial charge in [0.15, 0.2) is 0 Å². The van der Waals surface area contributed by atoms with Crippen molar-refractivity contribution in [3.05, 3.63) is 94.6 Å². The minimum Gasteiger partial charge on any atom is -0.326 e. The second kappa shape index (κ2) is 8.58. The van der Waals surface area contributed by atoms with Crippen LogP contribution >= 0.6 is 0 Å². The first kappa shape index (κ1) is 17.4. The molecule has 2 heterocycles. The van der Waals surface area contributed by atoms with E-state index in [4.69, 9.17) is 11.3 Å². The van der Waals surface area contributed by atoms with Crippen LogP contribution in [0.4, 0.5) is 0 Å². The molecule has 26 heavy (non-hydrogen) atoms. The first-order valence-corrected chi connectivity index (χ1v) is 8.19. The molecule has 0 atom stereocenters. The van der Waals surface area contributed by atoms with Gasteiger partial charge in [-0.25, -0.2) is 0 Å². The van der Waals surface area contributed by atoms with Crippen LogP contribution in [0.3, 0.4) is 0 Å². The highest BCUT2D eigenvalue weighted by atomic mass is 15.1. The molecule has 0 radical (unpaired) electrons. The van der Waals surface area contributed by atoms with Crippen LogP contribution in [-0.2, 0) is 13.1 Å². The number of rotatable bonds is 3. The van der Waals surface area contributed by atoms with Gasteiger partial charge in [0, 0.05) is 34.6 Å². The second-order valence-electron chi connectivity index (χ2n) is 5.58. The Kier molecular flexibility index (Phi) is 5.72. The Morgan fingerprint density at radius 2 is 1.35 bits per heavy atom. The molecule has 4 aromatic rings. The van der Waals surface area contributed by atoms with E-state index in [1.54, 1.807) is 12.4 Å². The Morgan fingerprint density at radius 3 is 1.92 bits per heavy atom. The third-order valence-electron chi connectivity index (χ3n) is 3.96. The summed E-state index contributed by atoms with van der Waals surface area (Å²) in [5, 5.41) is 5.75. The Morgan fingerprint density at radius 1 is 0.808 bits per heavy atom. The van der Waals surface area contributed by atoms with E-state index in [0.29, 0.717) is 13.1 Å². The van der Waals surface area contributed by atoms with Gasteiger partial charge in [-0.15, -0.1) is 0 Å². The number of hydrogen-bond acceptors (Lipinski definition) is 4. The van der Waals surface area contributed by atoms with Gasteiger partial charge in [0.2, 0.25) is 0 Å². The summed E-state index contributed by atoms with van der Waals surface area (Å²) >= 11 is 0. The van der Waals surface area contributed by atoms with Crippen LogP contribution in [0.1, 0.15) is 11.1 Å². The fourth-order valence-corrected chi connectivity index (χ4v) is 2.73. The van der Waals surface area contributed by atoms with Gasteiger partial charge < -0.3 is 5.73 Å². The fraction of sp³-hybridized carbons (Fsp3) is 0.100. The normalized spacial score (nSPS) is 10.0. The molecule has 6 nitrogen and oxygen atoms in total. The summed E-state index contributed by atoms with van der Waals surface area (Å²) in [7, 11) is 0. The quantitative estimate of drug-likeness (QED) is 0.330. The predicted octanol–water partition coefficient (Wildman–Crippen LogP) is 4.74. The molecule has 0 unspecified atom stereocenters. The summed E-state index contributed by atoms with van der Waals surface area (Å²) in [6.45, 7) is 0.902. The Hall–Kier alpha value is -3.47. The van der Waals surface area contributed by atoms with Crippen LogP contribution in [-0.4, -0.2) is 9.97 Å². The molecular formula is C20H18N6. The zero-order valence-corrected chi connectivity index (χ0v) is 14.2. The van der Waals surface area contributed by atoms with Gasteiger partial charge in [-0.2, -0.15) is 0 Å². The third-order valence-corrected chi connectivity index (χ3v) is 3.96. The lowest BCUT2D eigenvalue weighted by atomic mass is 10.1. The molecule has 2 aromatic carbocycles. The summed E-state index contributed by atoms with van der Waals surface area (Å²) in [5.74, 6) is 0. The van der Waals surface area contributed by atoms with Crippen molar-refractivity contribution in [3.8, 4) is 0 Å². The number of benzene rings is 2. The molecule has 2 aromatic heterocycles. The Labute approximate surface area is 151 Å². The molecule has 0 saturated heterocycles. The summed E-state index contributed by atoms with van der Waals surface area (Å²) < 4.78 is 0. The summed E-state index contributed by atoms with van der Waals surface area (Å²) in [5.41, 5.74) is 17.8. The number of aromatic nitrogens is 2. The lowest BCUT2D eigenvalue weighted by Gasteiger charge is -2.01. The van der Waals surface area contributed by atoms with Crippen molar-refractivity contribution >= 4 is 21.8 Å². The number of pyridine rings is 2. The van der Waals surface area contributed by atoms with Crippen LogP contribution in [0, 0.1) is 0 Å². The second-order valence-corrected chi connectivity index (χ2v) is 5.58.